The molecule has 5 heteroatoms. The minimum atomic E-state index is -0.237. The Hall–Kier alpha value is -3.11. The maximum absolute atomic E-state index is 12.4. The molecule has 0 aromatic heterocycles. The molecule has 0 spiro atoms. The van der Waals surface area contributed by atoms with Crippen LogP contribution in [0.5, 0.6) is 5.75 Å². The van der Waals surface area contributed by atoms with E-state index >= 15 is 0 Å². The third kappa shape index (κ3) is 5.43. The van der Waals surface area contributed by atoms with Gasteiger partial charge in [0.2, 0.25) is 0 Å². The zero-order valence-electron chi connectivity index (χ0n) is 14.5. The molecule has 0 saturated heterocycles. The van der Waals surface area contributed by atoms with Crippen molar-refractivity contribution in [3.63, 3.8) is 0 Å². The van der Waals surface area contributed by atoms with Gasteiger partial charge in [-0.05, 0) is 42.0 Å². The van der Waals surface area contributed by atoms with Crippen molar-refractivity contribution >= 4 is 23.3 Å². The standard InChI is InChI=1S/C22H18ClNO3/c23-19-8-4-5-16(13-19)14-24-21(25)15-27-20-11-9-18(10-12-20)22(26)17-6-2-1-3-7-17/h1-13H,14-15H2,(H,24,25). The van der Waals surface area contributed by atoms with Crippen LogP contribution < -0.4 is 10.1 Å². The molecule has 0 atom stereocenters. The predicted molar refractivity (Wildman–Crippen MR) is 105 cm³/mol. The molecule has 3 rings (SSSR count). The average molecular weight is 380 g/mol. The van der Waals surface area contributed by atoms with Gasteiger partial charge in [-0.15, -0.1) is 0 Å². The van der Waals surface area contributed by atoms with Crippen molar-refractivity contribution in [1.82, 2.24) is 5.32 Å². The number of hydrogen-bond acceptors (Lipinski definition) is 3. The molecule has 0 fully saturated rings. The summed E-state index contributed by atoms with van der Waals surface area (Å²) in [5.41, 5.74) is 2.12. The summed E-state index contributed by atoms with van der Waals surface area (Å²) in [4.78, 5) is 24.3. The summed E-state index contributed by atoms with van der Waals surface area (Å²) in [6, 6.07) is 23.1. The summed E-state index contributed by atoms with van der Waals surface area (Å²) in [7, 11) is 0. The van der Waals surface area contributed by atoms with Gasteiger partial charge in [0, 0.05) is 22.7 Å². The van der Waals surface area contributed by atoms with Crippen LogP contribution in [0.25, 0.3) is 0 Å². The van der Waals surface area contributed by atoms with Crippen LogP contribution in [0, 0.1) is 0 Å². The average Bonchev–Trinajstić information content (AvgIpc) is 2.71. The molecule has 27 heavy (non-hydrogen) atoms. The zero-order chi connectivity index (χ0) is 19.1. The molecular formula is C22H18ClNO3. The minimum Gasteiger partial charge on any atom is -0.484 e. The van der Waals surface area contributed by atoms with Crippen LogP contribution in [-0.2, 0) is 11.3 Å². The number of ether oxygens (including phenoxy) is 1. The number of nitrogens with one attached hydrogen (secondary N) is 1. The molecular weight excluding hydrogens is 362 g/mol. The normalized spacial score (nSPS) is 10.3. The summed E-state index contributed by atoms with van der Waals surface area (Å²) in [5, 5.41) is 3.40. The fraction of sp³-hybridized carbons (Fsp3) is 0.0909. The fourth-order valence-electron chi connectivity index (χ4n) is 2.51. The van der Waals surface area contributed by atoms with E-state index in [0.29, 0.717) is 28.4 Å². The monoisotopic (exact) mass is 379 g/mol. The lowest BCUT2D eigenvalue weighted by Gasteiger charge is -2.08. The molecule has 0 unspecified atom stereocenters. The summed E-state index contributed by atoms with van der Waals surface area (Å²) < 4.78 is 5.47. The second-order valence-electron chi connectivity index (χ2n) is 5.91. The predicted octanol–water partition coefficient (Wildman–Crippen LogP) is 4.27. The van der Waals surface area contributed by atoms with Crippen LogP contribution in [0.1, 0.15) is 21.5 Å². The number of carbonyl (C=O) groups excluding carboxylic acids is 2. The molecule has 0 radical (unpaired) electrons. The van der Waals surface area contributed by atoms with E-state index in [1.807, 2.05) is 30.3 Å². The number of ketones is 1. The molecule has 1 N–H and O–H groups in total. The van der Waals surface area contributed by atoms with E-state index in [0.717, 1.165) is 5.56 Å². The van der Waals surface area contributed by atoms with Crippen LogP contribution in [0.2, 0.25) is 5.02 Å². The van der Waals surface area contributed by atoms with Gasteiger partial charge in [0.05, 0.1) is 0 Å². The maximum atomic E-state index is 12.4. The van der Waals surface area contributed by atoms with Crippen LogP contribution in [0.3, 0.4) is 0 Å². The molecule has 0 aliphatic rings. The highest BCUT2D eigenvalue weighted by molar-refractivity contribution is 6.30. The van der Waals surface area contributed by atoms with Gasteiger partial charge < -0.3 is 10.1 Å². The Bertz CT molecular complexity index is 924. The molecule has 0 saturated carbocycles. The van der Waals surface area contributed by atoms with Gasteiger partial charge in [0.15, 0.2) is 12.4 Å². The van der Waals surface area contributed by atoms with Gasteiger partial charge in [-0.2, -0.15) is 0 Å². The van der Waals surface area contributed by atoms with E-state index in [-0.39, 0.29) is 18.3 Å². The first-order chi connectivity index (χ1) is 13.1. The van der Waals surface area contributed by atoms with Crippen LogP contribution in [-0.4, -0.2) is 18.3 Å². The number of carbonyl (C=O) groups is 2. The van der Waals surface area contributed by atoms with Crippen molar-refractivity contribution in [2.24, 2.45) is 0 Å². The van der Waals surface area contributed by atoms with Gasteiger partial charge >= 0.3 is 0 Å². The third-order valence-electron chi connectivity index (χ3n) is 3.90. The van der Waals surface area contributed by atoms with Crippen molar-refractivity contribution in [2.45, 2.75) is 6.54 Å². The van der Waals surface area contributed by atoms with Crippen molar-refractivity contribution < 1.29 is 14.3 Å². The molecule has 3 aromatic carbocycles. The van der Waals surface area contributed by atoms with Gasteiger partial charge in [-0.1, -0.05) is 54.1 Å². The van der Waals surface area contributed by atoms with Crippen LogP contribution in [0.4, 0.5) is 0 Å². The van der Waals surface area contributed by atoms with E-state index < -0.39 is 0 Å². The van der Waals surface area contributed by atoms with Gasteiger partial charge in [-0.25, -0.2) is 0 Å². The Labute approximate surface area is 162 Å². The number of amides is 1. The van der Waals surface area contributed by atoms with E-state index in [1.165, 1.54) is 0 Å². The third-order valence-corrected chi connectivity index (χ3v) is 4.14. The number of rotatable bonds is 7. The Kier molecular flexibility index (Phi) is 6.23. The molecule has 136 valence electrons. The first kappa shape index (κ1) is 18.7. The lowest BCUT2D eigenvalue weighted by Crippen LogP contribution is -2.28. The second-order valence-corrected chi connectivity index (χ2v) is 6.35. The van der Waals surface area contributed by atoms with Gasteiger partial charge in [-0.3, -0.25) is 9.59 Å². The Balaban J connectivity index is 1.49. The van der Waals surface area contributed by atoms with E-state index in [1.54, 1.807) is 48.5 Å². The number of hydrogen-bond donors (Lipinski definition) is 1. The quantitative estimate of drug-likeness (QED) is 0.624. The Morgan fingerprint density at radius 2 is 1.56 bits per heavy atom. The van der Waals surface area contributed by atoms with Crippen LogP contribution >= 0.6 is 11.6 Å². The fourth-order valence-corrected chi connectivity index (χ4v) is 2.72. The highest BCUT2D eigenvalue weighted by Gasteiger charge is 2.09. The molecule has 0 heterocycles. The highest BCUT2D eigenvalue weighted by Crippen LogP contribution is 2.15. The van der Waals surface area contributed by atoms with Gasteiger partial charge in [0.25, 0.3) is 5.91 Å². The molecule has 0 aliphatic carbocycles. The lowest BCUT2D eigenvalue weighted by molar-refractivity contribution is -0.123. The van der Waals surface area contributed by atoms with Crippen molar-refractivity contribution in [3.8, 4) is 5.75 Å². The summed E-state index contributed by atoms with van der Waals surface area (Å²) in [6.45, 7) is 0.278. The Morgan fingerprint density at radius 3 is 2.26 bits per heavy atom. The smallest absolute Gasteiger partial charge is 0.258 e. The summed E-state index contributed by atoms with van der Waals surface area (Å²) >= 11 is 5.91. The van der Waals surface area contributed by atoms with E-state index in [2.05, 4.69) is 5.32 Å². The molecule has 0 bridgehead atoms. The van der Waals surface area contributed by atoms with E-state index in [4.69, 9.17) is 16.3 Å². The molecule has 1 amide bonds. The topological polar surface area (TPSA) is 55.4 Å². The van der Waals surface area contributed by atoms with E-state index in [9.17, 15) is 9.59 Å². The largest absolute Gasteiger partial charge is 0.484 e. The number of halogens is 1. The van der Waals surface area contributed by atoms with Gasteiger partial charge in [0.1, 0.15) is 5.75 Å². The lowest BCUT2D eigenvalue weighted by atomic mass is 10.0. The minimum absolute atomic E-state index is 0.0542. The molecule has 3 aromatic rings. The van der Waals surface area contributed by atoms with Crippen molar-refractivity contribution in [3.05, 3.63) is 101 Å². The number of benzene rings is 3. The first-order valence-corrected chi connectivity index (χ1v) is 8.83. The molecule has 4 nitrogen and oxygen atoms in total. The van der Waals surface area contributed by atoms with Crippen LogP contribution in [0.15, 0.2) is 78.9 Å². The Morgan fingerprint density at radius 1 is 0.852 bits per heavy atom. The highest BCUT2D eigenvalue weighted by atomic mass is 35.5. The second kappa shape index (κ2) is 9.01. The summed E-state index contributed by atoms with van der Waals surface area (Å²) in [5.74, 6) is 0.235. The summed E-state index contributed by atoms with van der Waals surface area (Å²) in [6.07, 6.45) is 0. The molecule has 0 aliphatic heterocycles. The SMILES string of the molecule is O=C(COc1ccc(C(=O)c2ccccc2)cc1)NCc1cccc(Cl)c1. The van der Waals surface area contributed by atoms with Crippen molar-refractivity contribution in [2.75, 3.05) is 6.61 Å². The first-order valence-electron chi connectivity index (χ1n) is 8.45. The maximum Gasteiger partial charge on any atom is 0.258 e. The van der Waals surface area contributed by atoms with Crippen molar-refractivity contribution in [1.29, 1.82) is 0 Å². The zero-order valence-corrected chi connectivity index (χ0v) is 15.3.